The van der Waals surface area contributed by atoms with Crippen molar-refractivity contribution >= 4 is 22.5 Å². The molecule has 1 heterocycles. The number of nitrogens with zero attached hydrogens (tertiary/aromatic N) is 3. The number of fused-ring (bicyclic) bond motifs is 1. The Morgan fingerprint density at radius 2 is 1.86 bits per heavy atom. The number of nitriles is 1. The molecule has 0 saturated carbocycles. The Morgan fingerprint density at radius 1 is 1.14 bits per heavy atom. The molecule has 0 aliphatic heterocycles. The van der Waals surface area contributed by atoms with Crippen LogP contribution in [0.1, 0.15) is 11.1 Å². The summed E-state index contributed by atoms with van der Waals surface area (Å²) >= 11 is 6.12. The van der Waals surface area contributed by atoms with Gasteiger partial charge >= 0.3 is 0 Å². The SMILES string of the molecule is N#Cc1ccccc1Cn1c(Cl)nc2ccccc2c1=O. The van der Waals surface area contributed by atoms with Gasteiger partial charge in [-0.25, -0.2) is 4.98 Å². The Bertz CT molecular complexity index is 925. The van der Waals surface area contributed by atoms with Gasteiger partial charge in [-0.1, -0.05) is 30.3 Å². The number of hydrogen-bond donors (Lipinski definition) is 0. The van der Waals surface area contributed by atoms with Crippen LogP contribution in [-0.4, -0.2) is 9.55 Å². The molecule has 0 N–H and O–H groups in total. The van der Waals surface area contributed by atoms with Crippen LogP contribution in [0.15, 0.2) is 53.3 Å². The second-order valence-corrected chi connectivity index (χ2v) is 4.90. The Morgan fingerprint density at radius 3 is 2.67 bits per heavy atom. The van der Waals surface area contributed by atoms with E-state index in [4.69, 9.17) is 16.9 Å². The second kappa shape index (κ2) is 5.39. The predicted octanol–water partition coefficient (Wildman–Crippen LogP) is 2.97. The molecule has 0 spiro atoms. The summed E-state index contributed by atoms with van der Waals surface area (Å²) in [6.07, 6.45) is 0. The van der Waals surface area contributed by atoms with Crippen molar-refractivity contribution in [2.75, 3.05) is 0 Å². The van der Waals surface area contributed by atoms with Gasteiger partial charge in [0.1, 0.15) is 0 Å². The van der Waals surface area contributed by atoms with E-state index in [1.165, 1.54) is 4.57 Å². The van der Waals surface area contributed by atoms with E-state index in [0.717, 1.165) is 5.56 Å². The summed E-state index contributed by atoms with van der Waals surface area (Å²) in [7, 11) is 0. The van der Waals surface area contributed by atoms with Crippen LogP contribution in [0.3, 0.4) is 0 Å². The molecule has 0 saturated heterocycles. The molecule has 0 bridgehead atoms. The van der Waals surface area contributed by atoms with Crippen molar-refractivity contribution in [1.82, 2.24) is 9.55 Å². The zero-order chi connectivity index (χ0) is 14.8. The summed E-state index contributed by atoms with van der Waals surface area (Å²) in [5.41, 5.74) is 1.62. The van der Waals surface area contributed by atoms with Gasteiger partial charge in [0.2, 0.25) is 5.28 Å². The minimum Gasteiger partial charge on any atom is -0.278 e. The standard InChI is InChI=1S/C16H10ClN3O/c17-16-19-14-8-4-3-7-13(14)15(21)20(16)10-12-6-2-1-5-11(12)9-18/h1-8H,10H2. The summed E-state index contributed by atoms with van der Waals surface area (Å²) in [5.74, 6) is 0. The first-order valence-electron chi connectivity index (χ1n) is 6.34. The van der Waals surface area contributed by atoms with E-state index in [2.05, 4.69) is 11.1 Å². The highest BCUT2D eigenvalue weighted by Crippen LogP contribution is 2.14. The number of aromatic nitrogens is 2. The fourth-order valence-electron chi connectivity index (χ4n) is 2.22. The highest BCUT2D eigenvalue weighted by Gasteiger charge is 2.11. The van der Waals surface area contributed by atoms with E-state index < -0.39 is 0 Å². The monoisotopic (exact) mass is 295 g/mol. The van der Waals surface area contributed by atoms with Gasteiger partial charge in [0.25, 0.3) is 5.56 Å². The molecule has 21 heavy (non-hydrogen) atoms. The highest BCUT2D eigenvalue weighted by atomic mass is 35.5. The minimum absolute atomic E-state index is 0.117. The maximum Gasteiger partial charge on any atom is 0.262 e. The molecule has 3 rings (SSSR count). The molecule has 0 fully saturated rings. The lowest BCUT2D eigenvalue weighted by molar-refractivity contribution is 0.748. The molecular weight excluding hydrogens is 286 g/mol. The van der Waals surface area contributed by atoms with Crippen LogP contribution < -0.4 is 5.56 Å². The van der Waals surface area contributed by atoms with Crippen LogP contribution in [0, 0.1) is 11.3 Å². The first kappa shape index (κ1) is 13.3. The number of hydrogen-bond acceptors (Lipinski definition) is 3. The smallest absolute Gasteiger partial charge is 0.262 e. The molecule has 0 atom stereocenters. The fraction of sp³-hybridized carbons (Fsp3) is 0.0625. The molecule has 4 nitrogen and oxygen atoms in total. The molecule has 0 unspecified atom stereocenters. The molecular formula is C16H10ClN3O. The lowest BCUT2D eigenvalue weighted by Crippen LogP contribution is -2.23. The molecule has 0 amide bonds. The van der Waals surface area contributed by atoms with Crippen LogP contribution in [-0.2, 0) is 6.54 Å². The van der Waals surface area contributed by atoms with E-state index in [1.54, 1.807) is 42.5 Å². The van der Waals surface area contributed by atoms with Gasteiger partial charge in [-0.05, 0) is 35.4 Å². The third-order valence-corrected chi connectivity index (χ3v) is 3.57. The zero-order valence-electron chi connectivity index (χ0n) is 11.0. The third-order valence-electron chi connectivity index (χ3n) is 3.28. The predicted molar refractivity (Wildman–Crippen MR) is 81.3 cm³/mol. The van der Waals surface area contributed by atoms with Crippen molar-refractivity contribution in [2.24, 2.45) is 0 Å². The molecule has 0 radical (unpaired) electrons. The molecule has 1 aromatic heterocycles. The quantitative estimate of drug-likeness (QED) is 0.683. The van der Waals surface area contributed by atoms with Gasteiger partial charge in [-0.3, -0.25) is 9.36 Å². The molecule has 102 valence electrons. The van der Waals surface area contributed by atoms with Gasteiger partial charge in [0, 0.05) is 0 Å². The average Bonchev–Trinajstić information content (AvgIpc) is 2.52. The Labute approximate surface area is 125 Å². The van der Waals surface area contributed by atoms with Gasteiger partial charge in [0.05, 0.1) is 29.1 Å². The molecule has 2 aromatic carbocycles. The highest BCUT2D eigenvalue weighted by molar-refractivity contribution is 6.28. The van der Waals surface area contributed by atoms with Crippen molar-refractivity contribution in [3.63, 3.8) is 0 Å². The van der Waals surface area contributed by atoms with Gasteiger partial charge in [-0.15, -0.1) is 0 Å². The van der Waals surface area contributed by atoms with E-state index in [0.29, 0.717) is 16.5 Å². The lowest BCUT2D eigenvalue weighted by Gasteiger charge is -2.10. The van der Waals surface area contributed by atoms with Crippen LogP contribution in [0.5, 0.6) is 0 Å². The topological polar surface area (TPSA) is 58.7 Å². The first-order valence-corrected chi connectivity index (χ1v) is 6.71. The average molecular weight is 296 g/mol. The van der Waals surface area contributed by atoms with Crippen molar-refractivity contribution < 1.29 is 0 Å². The van der Waals surface area contributed by atoms with E-state index in [-0.39, 0.29) is 17.4 Å². The molecule has 0 aliphatic rings. The summed E-state index contributed by atoms with van der Waals surface area (Å²) in [6, 6.07) is 16.3. The molecule has 0 aliphatic carbocycles. The Kier molecular flexibility index (Phi) is 3.43. The lowest BCUT2D eigenvalue weighted by atomic mass is 10.1. The Hall–Kier alpha value is -2.64. The summed E-state index contributed by atoms with van der Waals surface area (Å²) in [4.78, 5) is 16.7. The number of halogens is 1. The normalized spacial score (nSPS) is 10.5. The fourth-order valence-corrected chi connectivity index (χ4v) is 2.44. The Balaban J connectivity index is 2.18. The van der Waals surface area contributed by atoms with Crippen LogP contribution >= 0.6 is 11.6 Å². The second-order valence-electron chi connectivity index (χ2n) is 4.56. The van der Waals surface area contributed by atoms with Gasteiger partial charge < -0.3 is 0 Å². The number of para-hydroxylation sites is 1. The number of benzene rings is 2. The molecule has 3 aromatic rings. The van der Waals surface area contributed by atoms with Crippen molar-refractivity contribution in [3.05, 3.63) is 75.3 Å². The van der Waals surface area contributed by atoms with Crippen LogP contribution in [0.2, 0.25) is 5.28 Å². The maximum atomic E-state index is 12.5. The number of rotatable bonds is 2. The third kappa shape index (κ3) is 2.39. The summed E-state index contributed by atoms with van der Waals surface area (Å²) in [6.45, 7) is 0.221. The van der Waals surface area contributed by atoms with E-state index in [1.807, 2.05) is 6.07 Å². The summed E-state index contributed by atoms with van der Waals surface area (Å²) < 4.78 is 1.38. The van der Waals surface area contributed by atoms with Gasteiger partial charge in [-0.2, -0.15) is 5.26 Å². The van der Waals surface area contributed by atoms with Crippen LogP contribution in [0.4, 0.5) is 0 Å². The first-order chi connectivity index (χ1) is 10.2. The summed E-state index contributed by atoms with van der Waals surface area (Å²) in [5, 5.41) is 9.75. The van der Waals surface area contributed by atoms with Crippen LogP contribution in [0.25, 0.3) is 10.9 Å². The van der Waals surface area contributed by atoms with E-state index >= 15 is 0 Å². The van der Waals surface area contributed by atoms with Crippen molar-refractivity contribution in [1.29, 1.82) is 5.26 Å². The zero-order valence-corrected chi connectivity index (χ0v) is 11.7. The van der Waals surface area contributed by atoms with Gasteiger partial charge in [0.15, 0.2) is 0 Å². The van der Waals surface area contributed by atoms with E-state index in [9.17, 15) is 4.79 Å². The maximum absolute atomic E-state index is 12.5. The molecule has 5 heteroatoms. The largest absolute Gasteiger partial charge is 0.278 e. The van der Waals surface area contributed by atoms with Crippen molar-refractivity contribution in [2.45, 2.75) is 6.54 Å². The van der Waals surface area contributed by atoms with Crippen molar-refractivity contribution in [3.8, 4) is 6.07 Å². The minimum atomic E-state index is -0.210.